The molecule has 1 fully saturated rings. The highest BCUT2D eigenvalue weighted by atomic mass is 32.2. The Morgan fingerprint density at radius 2 is 1.83 bits per heavy atom. The Morgan fingerprint density at radius 1 is 1.10 bits per heavy atom. The summed E-state index contributed by atoms with van der Waals surface area (Å²) in [6.45, 7) is 7.58. The normalized spacial score (nSPS) is 18.4. The molecule has 6 heteroatoms. The number of hydrogen-bond acceptors (Lipinski definition) is 4. The summed E-state index contributed by atoms with van der Waals surface area (Å²) in [6.07, 6.45) is 1.09. The molecule has 0 radical (unpaired) electrons. The highest BCUT2D eigenvalue weighted by Gasteiger charge is 2.39. The molecule has 0 aromatic heterocycles. The maximum atomic E-state index is 12.8. The number of nitrogens with zero attached hydrogens (tertiary/aromatic N) is 2. The smallest absolute Gasteiger partial charge is 0.248 e. The molecule has 4 rings (SSSR count). The van der Waals surface area contributed by atoms with E-state index in [9.17, 15) is 9.59 Å². The third kappa shape index (κ3) is 4.33. The summed E-state index contributed by atoms with van der Waals surface area (Å²) in [5.41, 5.74) is 4.22. The van der Waals surface area contributed by atoms with E-state index in [1.54, 1.807) is 16.7 Å². The molecule has 2 aromatic rings. The zero-order chi connectivity index (χ0) is 21.3. The first-order chi connectivity index (χ1) is 14.3. The van der Waals surface area contributed by atoms with E-state index in [1.165, 1.54) is 16.8 Å². The summed E-state index contributed by atoms with van der Waals surface area (Å²) in [4.78, 5) is 29.6. The van der Waals surface area contributed by atoms with Gasteiger partial charge in [0.25, 0.3) is 0 Å². The SMILES string of the molecule is CC(C)(C)C(=O)N1CSCC1C(=O)Nc1ccc(CN2CCc3ccccc32)cc1. The molecular weight excluding hydrogens is 394 g/mol. The van der Waals surface area contributed by atoms with Crippen LogP contribution in [0.3, 0.4) is 0 Å². The fourth-order valence-electron chi connectivity index (χ4n) is 4.00. The summed E-state index contributed by atoms with van der Waals surface area (Å²) >= 11 is 1.63. The predicted octanol–water partition coefficient (Wildman–Crippen LogP) is 4.14. The van der Waals surface area contributed by atoms with Crippen LogP contribution < -0.4 is 10.2 Å². The van der Waals surface area contributed by atoms with Crippen LogP contribution >= 0.6 is 11.8 Å². The number of hydrogen-bond donors (Lipinski definition) is 1. The molecule has 1 N–H and O–H groups in total. The molecule has 2 aromatic carbocycles. The minimum absolute atomic E-state index is 0.0221. The van der Waals surface area contributed by atoms with Gasteiger partial charge in [0.2, 0.25) is 11.8 Å². The fourth-order valence-corrected chi connectivity index (χ4v) is 5.15. The third-order valence-electron chi connectivity index (χ3n) is 5.67. The molecular formula is C24H29N3O2S. The molecule has 0 saturated carbocycles. The van der Waals surface area contributed by atoms with Crippen LogP contribution in [0.15, 0.2) is 48.5 Å². The van der Waals surface area contributed by atoms with Gasteiger partial charge in [0.1, 0.15) is 6.04 Å². The largest absolute Gasteiger partial charge is 0.367 e. The number of carbonyl (C=O) groups excluding carboxylic acids is 2. The second kappa shape index (κ2) is 8.34. The van der Waals surface area contributed by atoms with E-state index in [0.29, 0.717) is 11.6 Å². The van der Waals surface area contributed by atoms with E-state index in [2.05, 4.69) is 46.6 Å². The zero-order valence-corrected chi connectivity index (χ0v) is 18.7. The lowest BCUT2D eigenvalue weighted by molar-refractivity contribution is -0.143. The molecule has 0 spiro atoms. The summed E-state index contributed by atoms with van der Waals surface area (Å²) < 4.78 is 0. The number of carbonyl (C=O) groups is 2. The van der Waals surface area contributed by atoms with Crippen molar-refractivity contribution < 1.29 is 9.59 Å². The maximum absolute atomic E-state index is 12.8. The Balaban J connectivity index is 1.38. The van der Waals surface area contributed by atoms with Crippen LogP contribution in [-0.4, -0.2) is 40.9 Å². The van der Waals surface area contributed by atoms with Gasteiger partial charge in [0, 0.05) is 35.6 Å². The second-order valence-electron chi connectivity index (χ2n) is 9.03. The van der Waals surface area contributed by atoms with Crippen LogP contribution in [0.2, 0.25) is 0 Å². The van der Waals surface area contributed by atoms with E-state index in [1.807, 2.05) is 32.9 Å². The Kier molecular flexibility index (Phi) is 5.78. The van der Waals surface area contributed by atoms with E-state index in [-0.39, 0.29) is 11.8 Å². The van der Waals surface area contributed by atoms with Crippen molar-refractivity contribution in [1.82, 2.24) is 4.90 Å². The molecule has 1 saturated heterocycles. The Labute approximate surface area is 182 Å². The quantitative estimate of drug-likeness (QED) is 0.803. The van der Waals surface area contributed by atoms with Crippen LogP contribution in [-0.2, 0) is 22.6 Å². The molecule has 30 heavy (non-hydrogen) atoms. The van der Waals surface area contributed by atoms with Crippen LogP contribution in [0.1, 0.15) is 31.9 Å². The van der Waals surface area contributed by atoms with Crippen molar-refractivity contribution in [2.24, 2.45) is 5.41 Å². The first-order valence-electron chi connectivity index (χ1n) is 10.4. The Hall–Kier alpha value is -2.47. The van der Waals surface area contributed by atoms with Crippen molar-refractivity contribution in [1.29, 1.82) is 0 Å². The summed E-state index contributed by atoms with van der Waals surface area (Å²) in [5, 5.41) is 3.00. The van der Waals surface area contributed by atoms with E-state index < -0.39 is 11.5 Å². The average Bonchev–Trinajstić information content (AvgIpc) is 3.36. The molecule has 2 aliphatic rings. The van der Waals surface area contributed by atoms with Gasteiger partial charge >= 0.3 is 0 Å². The molecule has 158 valence electrons. The van der Waals surface area contributed by atoms with Gasteiger partial charge < -0.3 is 15.1 Å². The molecule has 2 amide bonds. The maximum Gasteiger partial charge on any atom is 0.248 e. The van der Waals surface area contributed by atoms with Gasteiger partial charge in [-0.25, -0.2) is 0 Å². The summed E-state index contributed by atoms with van der Waals surface area (Å²) in [6, 6.07) is 16.2. The van der Waals surface area contributed by atoms with Crippen molar-refractivity contribution >= 4 is 35.0 Å². The lowest BCUT2D eigenvalue weighted by Crippen LogP contribution is -2.48. The zero-order valence-electron chi connectivity index (χ0n) is 17.9. The lowest BCUT2D eigenvalue weighted by Gasteiger charge is -2.29. The number of rotatable bonds is 4. The van der Waals surface area contributed by atoms with Gasteiger partial charge in [-0.2, -0.15) is 0 Å². The minimum atomic E-state index is -0.487. The van der Waals surface area contributed by atoms with Gasteiger partial charge in [-0.3, -0.25) is 9.59 Å². The number of amides is 2. The minimum Gasteiger partial charge on any atom is -0.367 e. The number of benzene rings is 2. The van der Waals surface area contributed by atoms with Crippen LogP contribution in [0, 0.1) is 5.41 Å². The number of thioether (sulfide) groups is 1. The highest BCUT2D eigenvalue weighted by molar-refractivity contribution is 7.99. The van der Waals surface area contributed by atoms with Crippen molar-refractivity contribution in [3.8, 4) is 0 Å². The number of para-hydroxylation sites is 1. The van der Waals surface area contributed by atoms with Crippen molar-refractivity contribution in [2.75, 3.05) is 28.4 Å². The number of nitrogens with one attached hydrogen (secondary N) is 1. The van der Waals surface area contributed by atoms with E-state index in [0.717, 1.165) is 25.2 Å². The van der Waals surface area contributed by atoms with Crippen LogP contribution in [0.4, 0.5) is 11.4 Å². The van der Waals surface area contributed by atoms with Crippen LogP contribution in [0.5, 0.6) is 0 Å². The first kappa shape index (κ1) is 20.8. The van der Waals surface area contributed by atoms with E-state index in [4.69, 9.17) is 0 Å². The molecule has 1 unspecified atom stereocenters. The predicted molar refractivity (Wildman–Crippen MR) is 124 cm³/mol. The molecule has 1 atom stereocenters. The lowest BCUT2D eigenvalue weighted by atomic mass is 9.94. The average molecular weight is 424 g/mol. The van der Waals surface area contributed by atoms with Gasteiger partial charge in [-0.15, -0.1) is 11.8 Å². The fraction of sp³-hybridized carbons (Fsp3) is 0.417. The van der Waals surface area contributed by atoms with Gasteiger partial charge in [0.15, 0.2) is 0 Å². The molecule has 2 aliphatic heterocycles. The first-order valence-corrected chi connectivity index (χ1v) is 11.6. The topological polar surface area (TPSA) is 52.7 Å². The molecule has 0 aliphatic carbocycles. The summed E-state index contributed by atoms with van der Waals surface area (Å²) in [5.74, 6) is 1.12. The second-order valence-corrected chi connectivity index (χ2v) is 10.0. The Bertz CT molecular complexity index is 936. The monoisotopic (exact) mass is 423 g/mol. The molecule has 2 heterocycles. The highest BCUT2D eigenvalue weighted by Crippen LogP contribution is 2.30. The standard InChI is InChI=1S/C24H29N3O2S/c1-24(2,3)23(29)27-16-30-15-21(27)22(28)25-19-10-8-17(9-11-19)14-26-13-12-18-6-4-5-7-20(18)26/h4-11,21H,12-16H2,1-3H3,(H,25,28). The summed E-state index contributed by atoms with van der Waals surface area (Å²) in [7, 11) is 0. The third-order valence-corrected chi connectivity index (χ3v) is 6.68. The van der Waals surface area contributed by atoms with Gasteiger partial charge in [0.05, 0.1) is 5.88 Å². The van der Waals surface area contributed by atoms with Crippen molar-refractivity contribution in [2.45, 2.75) is 39.8 Å². The van der Waals surface area contributed by atoms with Crippen molar-refractivity contribution in [3.05, 3.63) is 59.7 Å². The van der Waals surface area contributed by atoms with Gasteiger partial charge in [-0.05, 0) is 35.7 Å². The van der Waals surface area contributed by atoms with Crippen molar-refractivity contribution in [3.63, 3.8) is 0 Å². The van der Waals surface area contributed by atoms with Crippen LogP contribution in [0.25, 0.3) is 0 Å². The van der Waals surface area contributed by atoms with Gasteiger partial charge in [-0.1, -0.05) is 51.1 Å². The number of fused-ring (bicyclic) bond motifs is 1. The Morgan fingerprint density at radius 3 is 2.57 bits per heavy atom. The number of anilines is 2. The van der Waals surface area contributed by atoms with E-state index >= 15 is 0 Å². The molecule has 5 nitrogen and oxygen atoms in total. The molecule has 0 bridgehead atoms.